The van der Waals surface area contributed by atoms with Crippen molar-refractivity contribution in [3.05, 3.63) is 59.7 Å². The van der Waals surface area contributed by atoms with Crippen LogP contribution in [0.25, 0.3) is 11.4 Å². The molecule has 2 aromatic carbocycles. The number of nitrogens with zero attached hydrogens (tertiary/aromatic N) is 3. The number of amides is 1. The Hall–Kier alpha value is -3.11. The number of aromatic nitrogens is 3. The van der Waals surface area contributed by atoms with Crippen LogP contribution in [0.3, 0.4) is 0 Å². The molecule has 1 atom stereocenters. The molecular weight excluding hydrogens is 421 g/mol. The number of H-pyrrole nitrogens is 1. The summed E-state index contributed by atoms with van der Waals surface area (Å²) < 4.78 is 41.0. The summed E-state index contributed by atoms with van der Waals surface area (Å²) in [6, 6.07) is 10.6. The summed E-state index contributed by atoms with van der Waals surface area (Å²) in [4.78, 5) is 18.0. The number of aromatic amines is 1. The van der Waals surface area contributed by atoms with Crippen molar-refractivity contribution < 1.29 is 17.6 Å². The average molecular weight is 444 g/mol. The molecule has 1 amide bonds. The van der Waals surface area contributed by atoms with Crippen molar-refractivity contribution in [2.45, 2.75) is 37.6 Å². The average Bonchev–Trinajstić information content (AvgIpc) is 3.31. The van der Waals surface area contributed by atoms with Gasteiger partial charge in [0.05, 0.1) is 4.90 Å². The smallest absolute Gasteiger partial charge is 0.240 e. The predicted molar refractivity (Wildman–Crippen MR) is 113 cm³/mol. The number of sulfonamides is 1. The van der Waals surface area contributed by atoms with E-state index in [4.69, 9.17) is 0 Å². The van der Waals surface area contributed by atoms with Crippen LogP contribution in [-0.4, -0.2) is 42.1 Å². The zero-order valence-electron chi connectivity index (χ0n) is 17.1. The van der Waals surface area contributed by atoms with Crippen LogP contribution in [0.1, 0.15) is 25.2 Å². The molecule has 0 bridgehead atoms. The predicted octanol–water partition coefficient (Wildman–Crippen LogP) is 2.43. The van der Waals surface area contributed by atoms with Crippen molar-refractivity contribution in [1.82, 2.24) is 19.9 Å². The quantitative estimate of drug-likeness (QED) is 0.608. The van der Waals surface area contributed by atoms with Gasteiger partial charge in [0.2, 0.25) is 15.9 Å². The van der Waals surface area contributed by atoms with Gasteiger partial charge in [0.15, 0.2) is 5.82 Å². The van der Waals surface area contributed by atoms with Gasteiger partial charge in [-0.1, -0.05) is 0 Å². The van der Waals surface area contributed by atoms with Crippen LogP contribution in [0.2, 0.25) is 0 Å². The van der Waals surface area contributed by atoms with E-state index < -0.39 is 10.0 Å². The Kier molecular flexibility index (Phi) is 5.59. The lowest BCUT2D eigenvalue weighted by molar-refractivity contribution is -0.116. The maximum atomic E-state index is 13.0. The Bertz CT molecular complexity index is 1220. The molecule has 1 aliphatic rings. The summed E-state index contributed by atoms with van der Waals surface area (Å²) in [6.07, 6.45) is 0.927. The van der Waals surface area contributed by atoms with Gasteiger partial charge < -0.3 is 4.90 Å². The minimum absolute atomic E-state index is 0.000156. The number of benzene rings is 2. The highest BCUT2D eigenvalue weighted by Crippen LogP contribution is 2.33. The number of hydrogen-bond acceptors (Lipinski definition) is 5. The molecule has 0 saturated heterocycles. The van der Waals surface area contributed by atoms with E-state index in [0.29, 0.717) is 30.1 Å². The first kappa shape index (κ1) is 21.1. The highest BCUT2D eigenvalue weighted by atomic mass is 32.2. The molecule has 3 aromatic rings. The minimum atomic E-state index is -3.71. The van der Waals surface area contributed by atoms with E-state index in [-0.39, 0.29) is 29.2 Å². The van der Waals surface area contributed by atoms with E-state index in [9.17, 15) is 17.6 Å². The molecule has 8 nitrogen and oxygen atoms in total. The third-order valence-electron chi connectivity index (χ3n) is 5.20. The first-order chi connectivity index (χ1) is 14.7. The lowest BCUT2D eigenvalue weighted by atomic mass is 10.1. The highest BCUT2D eigenvalue weighted by molar-refractivity contribution is 7.89. The van der Waals surface area contributed by atoms with Gasteiger partial charge in [0.25, 0.3) is 0 Å². The van der Waals surface area contributed by atoms with Gasteiger partial charge in [-0.2, -0.15) is 5.10 Å². The van der Waals surface area contributed by atoms with E-state index in [0.717, 1.165) is 11.3 Å². The maximum Gasteiger partial charge on any atom is 0.240 e. The highest BCUT2D eigenvalue weighted by Gasteiger charge is 2.30. The second-order valence-electron chi connectivity index (χ2n) is 7.49. The lowest BCUT2D eigenvalue weighted by Gasteiger charge is -2.20. The second-order valence-corrected chi connectivity index (χ2v) is 9.26. The van der Waals surface area contributed by atoms with Crippen molar-refractivity contribution in [2.75, 3.05) is 11.4 Å². The Morgan fingerprint density at radius 3 is 2.71 bits per heavy atom. The number of fused-ring (bicyclic) bond motifs is 1. The Morgan fingerprint density at radius 1 is 1.26 bits per heavy atom. The fourth-order valence-corrected chi connectivity index (χ4v) is 4.86. The molecule has 10 heteroatoms. The largest absolute Gasteiger partial charge is 0.309 e. The molecule has 0 saturated carbocycles. The van der Waals surface area contributed by atoms with Gasteiger partial charge in [-0.25, -0.2) is 22.5 Å². The molecule has 1 aliphatic heterocycles. The normalized spacial score (nSPS) is 15.8. The molecule has 0 fully saturated rings. The molecule has 4 rings (SSSR count). The monoisotopic (exact) mass is 443 g/mol. The fraction of sp³-hybridized carbons (Fsp3) is 0.286. The molecule has 0 unspecified atom stereocenters. The number of halogens is 1. The summed E-state index contributed by atoms with van der Waals surface area (Å²) in [5.74, 6) is 0.526. The first-order valence-electron chi connectivity index (χ1n) is 9.84. The van der Waals surface area contributed by atoms with Crippen LogP contribution in [-0.2, 0) is 27.7 Å². The molecule has 31 heavy (non-hydrogen) atoms. The van der Waals surface area contributed by atoms with Crippen molar-refractivity contribution in [3.8, 4) is 11.4 Å². The van der Waals surface area contributed by atoms with Gasteiger partial charge >= 0.3 is 0 Å². The van der Waals surface area contributed by atoms with Crippen LogP contribution in [0.5, 0.6) is 0 Å². The van der Waals surface area contributed by atoms with Crippen LogP contribution < -0.4 is 9.62 Å². The number of rotatable bonds is 6. The Morgan fingerprint density at radius 2 is 2.00 bits per heavy atom. The minimum Gasteiger partial charge on any atom is -0.309 e. The maximum absolute atomic E-state index is 13.0. The molecule has 0 aliphatic carbocycles. The summed E-state index contributed by atoms with van der Waals surface area (Å²) >= 11 is 0. The van der Waals surface area contributed by atoms with Crippen molar-refractivity contribution >= 4 is 21.6 Å². The SMILES string of the molecule is CC(=O)N1c2ccc(S(=O)(=O)NCCc3nc(-c4ccc(F)cc4)n[nH]3)cc2C[C@@H]1C. The molecule has 0 radical (unpaired) electrons. The van der Waals surface area contributed by atoms with Gasteiger partial charge in [0, 0.05) is 37.2 Å². The van der Waals surface area contributed by atoms with Gasteiger partial charge in [0.1, 0.15) is 11.6 Å². The van der Waals surface area contributed by atoms with Crippen molar-refractivity contribution in [1.29, 1.82) is 0 Å². The third kappa shape index (κ3) is 4.35. The summed E-state index contributed by atoms with van der Waals surface area (Å²) in [5.41, 5.74) is 2.26. The molecule has 162 valence electrons. The number of nitrogens with one attached hydrogen (secondary N) is 2. The van der Waals surface area contributed by atoms with E-state index in [1.807, 2.05) is 6.92 Å². The molecule has 2 N–H and O–H groups in total. The summed E-state index contributed by atoms with van der Waals surface area (Å²) in [6.45, 7) is 3.57. The lowest BCUT2D eigenvalue weighted by Crippen LogP contribution is -2.33. The topological polar surface area (TPSA) is 108 Å². The number of carbonyl (C=O) groups excluding carboxylic acids is 1. The third-order valence-corrected chi connectivity index (χ3v) is 6.66. The van der Waals surface area contributed by atoms with E-state index in [1.165, 1.54) is 25.1 Å². The standard InChI is InChI=1S/C21H22FN5O3S/c1-13-11-16-12-18(7-8-19(16)27(13)14(2)28)31(29,30)23-10-9-20-24-21(26-25-20)15-3-5-17(22)6-4-15/h3-8,12-13,23H,9-11H2,1-2H3,(H,24,25,26)/t13-/m0/s1. The molecular formula is C21H22FN5O3S. The second kappa shape index (κ2) is 8.20. The van der Waals surface area contributed by atoms with Gasteiger partial charge in [-0.3, -0.25) is 9.89 Å². The van der Waals surface area contributed by atoms with Crippen LogP contribution in [0.15, 0.2) is 47.4 Å². The van der Waals surface area contributed by atoms with E-state index in [2.05, 4.69) is 19.9 Å². The Balaban J connectivity index is 1.41. The van der Waals surface area contributed by atoms with Gasteiger partial charge in [-0.15, -0.1) is 0 Å². The molecule has 1 aromatic heterocycles. The first-order valence-corrected chi connectivity index (χ1v) is 11.3. The molecule has 0 spiro atoms. The summed E-state index contributed by atoms with van der Waals surface area (Å²) in [7, 11) is -3.71. The van der Waals surface area contributed by atoms with Gasteiger partial charge in [-0.05, 0) is 61.4 Å². The van der Waals surface area contributed by atoms with E-state index >= 15 is 0 Å². The van der Waals surface area contributed by atoms with Crippen LogP contribution >= 0.6 is 0 Å². The molecule has 2 heterocycles. The summed E-state index contributed by atoms with van der Waals surface area (Å²) in [5, 5.41) is 6.86. The van der Waals surface area contributed by atoms with Crippen LogP contribution in [0, 0.1) is 5.82 Å². The fourth-order valence-electron chi connectivity index (χ4n) is 3.78. The van der Waals surface area contributed by atoms with Crippen LogP contribution in [0.4, 0.5) is 10.1 Å². The number of carbonyl (C=O) groups is 1. The number of hydrogen-bond donors (Lipinski definition) is 2. The zero-order valence-corrected chi connectivity index (χ0v) is 17.9. The number of anilines is 1. The Labute approximate surface area is 179 Å². The van der Waals surface area contributed by atoms with E-state index in [1.54, 1.807) is 29.2 Å². The van der Waals surface area contributed by atoms with Crippen molar-refractivity contribution in [3.63, 3.8) is 0 Å². The zero-order chi connectivity index (χ0) is 22.2. The van der Waals surface area contributed by atoms with Crippen molar-refractivity contribution in [2.24, 2.45) is 0 Å².